The van der Waals surface area contributed by atoms with Crippen LogP contribution in [-0.2, 0) is 134 Å². The Bertz CT molecular complexity index is 5090. The standard InChI is InChI=1S/C26H36ClNO6.C22H31NO4.C16H21NO3.2C14H27NO2.C11H9Cl2NO4.C10H21O5P/c1-25(2,3)34-19(30)9-8-16-10-12-26(4,13-11-16)15-18(29)23(31)22-21(27)20(24(32)33-5)17-7-6-14-28(17)22;1-21(2,3)27-19(24)11-10-17-12-14-22(4,15-13-17)23-20(25)26-16-18-8-6-5-7-9-18;1-16(9-7-13(11-18)8-10-16)17-15(19)20-12-14-5-3-2-4-6-14;2*1-13(2,3)17-12(16)6-5-11-7-9-14(4,15)10-8-11;1-18-11(17)6-5-3-2-4-14(5)8(7(6)12)9(15)10(13)16;1-6-13-16(12,14-7-2)8-9(11)15-10(3,4)5/h16H,6-15H2,1-5H3;5-10H,11-16H2,1-4H3,(H,23,25);2-6,11,13H,7-10,12H2,1H3,(H,17,19);2*11H,5-10,15H2,1-4H3;2-4H2,1H3;6-8H2,1-5H3. The molecule has 2 aromatic heterocycles. The highest BCUT2D eigenvalue weighted by atomic mass is 35.5. The number of alkyl carbamates (subject to hydrolysis) is 2. The summed E-state index contributed by atoms with van der Waals surface area (Å²) >= 11 is 17.6. The van der Waals surface area contributed by atoms with Crippen LogP contribution < -0.4 is 22.1 Å². The van der Waals surface area contributed by atoms with Crippen molar-refractivity contribution in [3.8, 4) is 0 Å². The Balaban J connectivity index is 0.000000311. The number of allylic oxidation sites excluding steroid dienone is 1. The molecule has 0 atom stereocenters. The van der Waals surface area contributed by atoms with Gasteiger partial charge in [-0.05, 0) is 365 Å². The third-order valence-electron chi connectivity index (χ3n) is 26.7. The highest BCUT2D eigenvalue weighted by Gasteiger charge is 2.43. The average molecular weight is 2170 g/mol. The average Bonchev–Trinajstić information content (AvgIpc) is 1.60. The predicted molar refractivity (Wildman–Crippen MR) is 575 cm³/mol. The Labute approximate surface area is 898 Å². The molecule has 32 nitrogen and oxygen atoms in total. The van der Waals surface area contributed by atoms with Crippen molar-refractivity contribution in [3.63, 3.8) is 0 Å². The molecule has 0 bridgehead atoms. The lowest BCUT2D eigenvalue weighted by atomic mass is 9.68. The first-order valence-electron chi connectivity index (χ1n) is 52.6. The van der Waals surface area contributed by atoms with Gasteiger partial charge in [-0.25, -0.2) is 19.2 Å². The van der Waals surface area contributed by atoms with Crippen molar-refractivity contribution in [2.45, 2.75) is 434 Å². The SMILES string of the molecule is CC1(N)CCC(CCC(=O)OC(C)(C)C)CC1.CC1(N)CCC(CCC(=O)OC(C)(C)C)CC1.CC1(NC(=O)OCc2ccccc2)CCC(=CCC(=O)OC(C)(C)C)CC1.CC1(NC(=O)OCc2ccccc2)CCC(C=O)CC1.CCOP(=O)(CC(=O)OC(C)(C)C)OCC.COC(=O)c1c(Cl)c(C(=O)C(=O)CC2(C)CCC(CCC(=O)OC(C)(C)C)CC2)n2c1CCC2.COC(=O)c1c(Cl)c(C(=O)C(=O)Cl)n2c1CCC2. The molecule has 5 saturated carbocycles. The monoisotopic (exact) mass is 2170 g/mol. The molecule has 0 radical (unpaired) electrons. The van der Waals surface area contributed by atoms with Crippen LogP contribution >= 0.6 is 42.4 Å². The van der Waals surface area contributed by atoms with Crippen LogP contribution in [0.1, 0.15) is 409 Å². The number of rotatable bonds is 32. The van der Waals surface area contributed by atoms with Crippen LogP contribution in [-0.4, -0.2) is 176 Å². The maximum atomic E-state index is 13.2. The summed E-state index contributed by atoms with van der Waals surface area (Å²) in [5.41, 5.74) is 14.1. The van der Waals surface area contributed by atoms with E-state index in [1.54, 1.807) is 43.8 Å². The van der Waals surface area contributed by atoms with E-state index < -0.39 is 64.9 Å². The number of nitrogens with two attached hydrogens (primary N) is 2. The zero-order valence-corrected chi connectivity index (χ0v) is 96.2. The molecule has 5 aliphatic carbocycles. The number of hydrogen-bond donors (Lipinski definition) is 4. The molecule has 149 heavy (non-hydrogen) atoms. The zero-order valence-electron chi connectivity index (χ0n) is 93.1. The van der Waals surface area contributed by atoms with Crippen molar-refractivity contribution < 1.29 is 123 Å². The minimum atomic E-state index is -3.34. The number of amides is 2. The van der Waals surface area contributed by atoms with Crippen LogP contribution in [0.3, 0.4) is 0 Å². The molecule has 4 aromatic rings. The van der Waals surface area contributed by atoms with Gasteiger partial charge in [-0.15, -0.1) is 0 Å². The number of Topliss-reactive ketones (excluding diaryl/α,β-unsaturated/α-hetero) is 3. The summed E-state index contributed by atoms with van der Waals surface area (Å²) in [6, 6.07) is 19.2. The molecular formula is C113H172Cl3N6O26P. The number of fused-ring (bicyclic) bond motifs is 2. The number of nitrogens with zero attached hydrogens (tertiary/aromatic N) is 2. The van der Waals surface area contributed by atoms with Gasteiger partial charge in [-0.2, -0.15) is 0 Å². The Morgan fingerprint density at radius 3 is 1.13 bits per heavy atom. The van der Waals surface area contributed by atoms with Crippen LogP contribution in [0.5, 0.6) is 0 Å². The molecule has 6 N–H and O–H groups in total. The third-order valence-corrected chi connectivity index (χ3v) is 29.6. The Morgan fingerprint density at radius 2 is 0.792 bits per heavy atom. The summed E-state index contributed by atoms with van der Waals surface area (Å²) in [5.74, 6) is -2.44. The van der Waals surface area contributed by atoms with E-state index in [-0.39, 0.29) is 152 Å². The van der Waals surface area contributed by atoms with Crippen LogP contribution in [0.2, 0.25) is 10.0 Å². The fraction of sp³-hybridized carbons (Fsp3) is 0.681. The fourth-order valence-corrected chi connectivity index (χ4v) is 21.0. The third kappa shape index (κ3) is 48.4. The molecule has 0 unspecified atom stereocenters. The maximum Gasteiger partial charge on any atom is 0.407 e. The van der Waals surface area contributed by atoms with E-state index in [1.807, 2.05) is 171 Å². The number of hydrogen-bond acceptors (Lipinski definition) is 28. The number of esters is 7. The molecule has 11 rings (SSSR count). The van der Waals surface area contributed by atoms with Gasteiger partial charge in [0.25, 0.3) is 11.0 Å². The van der Waals surface area contributed by atoms with E-state index in [9.17, 15) is 71.7 Å². The number of halogens is 3. The van der Waals surface area contributed by atoms with Gasteiger partial charge in [0.2, 0.25) is 11.6 Å². The molecule has 0 spiro atoms. The highest BCUT2D eigenvalue weighted by Crippen LogP contribution is 2.49. The highest BCUT2D eigenvalue weighted by molar-refractivity contribution is 7.54. The topological polar surface area (TPSA) is 444 Å². The molecule has 2 amide bonds. The second-order valence-corrected chi connectivity index (χ2v) is 49.8. The Morgan fingerprint density at radius 1 is 0.456 bits per heavy atom. The molecule has 836 valence electrons. The summed E-state index contributed by atoms with van der Waals surface area (Å²) in [6.45, 7) is 43.7. The second-order valence-electron chi connectivity index (χ2n) is 46.6. The van der Waals surface area contributed by atoms with Gasteiger partial charge in [-0.1, -0.05) is 102 Å². The maximum absolute atomic E-state index is 13.2. The number of aromatic nitrogens is 2. The van der Waals surface area contributed by atoms with Gasteiger partial charge >= 0.3 is 61.6 Å². The van der Waals surface area contributed by atoms with Crippen LogP contribution in [0.25, 0.3) is 0 Å². The van der Waals surface area contributed by atoms with Gasteiger partial charge in [0.15, 0.2) is 0 Å². The van der Waals surface area contributed by atoms with E-state index >= 15 is 0 Å². The summed E-state index contributed by atoms with van der Waals surface area (Å²) in [6.07, 6.45) is 28.3. The van der Waals surface area contributed by atoms with Crippen LogP contribution in [0.15, 0.2) is 72.3 Å². The van der Waals surface area contributed by atoms with E-state index in [0.29, 0.717) is 80.8 Å². The lowest BCUT2D eigenvalue weighted by molar-refractivity contribution is -0.156. The van der Waals surface area contributed by atoms with E-state index in [2.05, 4.69) is 29.2 Å². The molecule has 7 aliphatic rings. The number of methoxy groups -OCH3 is 2. The molecule has 4 heterocycles. The molecule has 5 fully saturated rings. The number of benzene rings is 2. The number of ketones is 3. The zero-order chi connectivity index (χ0) is 112. The van der Waals surface area contributed by atoms with Crippen molar-refractivity contribution in [1.82, 2.24) is 19.8 Å². The quantitative estimate of drug-likeness (QED) is 0.00515. The van der Waals surface area contributed by atoms with Crippen LogP contribution in [0.4, 0.5) is 9.59 Å². The van der Waals surface area contributed by atoms with Crippen LogP contribution in [0, 0.1) is 29.1 Å². The molecule has 0 saturated heterocycles. The number of nitrogens with one attached hydrogen (secondary N) is 2. The van der Waals surface area contributed by atoms with Crippen molar-refractivity contribution in [1.29, 1.82) is 0 Å². The molecule has 36 heteroatoms. The van der Waals surface area contributed by atoms with Gasteiger partial charge in [-0.3, -0.25) is 47.7 Å². The van der Waals surface area contributed by atoms with E-state index in [1.165, 1.54) is 19.8 Å². The fourth-order valence-electron chi connectivity index (χ4n) is 18.7. The van der Waals surface area contributed by atoms with Gasteiger partial charge in [0.05, 0.1) is 55.0 Å². The van der Waals surface area contributed by atoms with Gasteiger partial charge < -0.3 is 87.7 Å². The van der Waals surface area contributed by atoms with Crippen molar-refractivity contribution in [3.05, 3.63) is 127 Å². The van der Waals surface area contributed by atoms with Gasteiger partial charge in [0, 0.05) is 78.2 Å². The smallest absolute Gasteiger partial charge is 0.407 e. The normalized spacial score (nSPS) is 22.0. The first kappa shape index (κ1) is 130. The van der Waals surface area contributed by atoms with Crippen molar-refractivity contribution >= 4 is 125 Å². The Hall–Kier alpha value is -9.14. The van der Waals surface area contributed by atoms with Crippen molar-refractivity contribution in [2.75, 3.05) is 33.6 Å². The summed E-state index contributed by atoms with van der Waals surface area (Å²) in [5, 5.41) is 4.77. The van der Waals surface area contributed by atoms with E-state index in [4.69, 9.17) is 93.2 Å². The molecular weight excluding hydrogens is 1990 g/mol. The number of aldehydes is 1. The Kier molecular flexibility index (Phi) is 51.9. The number of carbonyl (C=O) groups is 14. The minimum absolute atomic E-state index is 0.0163. The summed E-state index contributed by atoms with van der Waals surface area (Å²) in [7, 11) is -0.835. The van der Waals surface area contributed by atoms with Gasteiger partial charge in [0.1, 0.15) is 65.1 Å². The first-order valence-corrected chi connectivity index (χ1v) is 55.5. The molecule has 2 aliphatic heterocycles. The second kappa shape index (κ2) is 59.4. The first-order chi connectivity index (χ1) is 69.2. The molecule has 2 aromatic carbocycles. The lowest BCUT2D eigenvalue weighted by Gasteiger charge is -2.37. The largest absolute Gasteiger partial charge is 0.465 e. The number of ether oxygens (including phenoxy) is 9. The number of carbonyl (C=O) groups excluding carboxylic acids is 14. The predicted octanol–water partition coefficient (Wildman–Crippen LogP) is 23.7. The van der Waals surface area contributed by atoms with E-state index in [0.717, 1.165) is 178 Å². The summed E-state index contributed by atoms with van der Waals surface area (Å²) in [4.78, 5) is 166. The lowest BCUT2D eigenvalue weighted by Crippen LogP contribution is -2.48. The minimum Gasteiger partial charge on any atom is -0.465 e. The summed E-state index contributed by atoms with van der Waals surface area (Å²) < 4.78 is 71.6. The van der Waals surface area contributed by atoms with Crippen molar-refractivity contribution in [2.24, 2.45) is 40.6 Å².